The van der Waals surface area contributed by atoms with Crippen molar-refractivity contribution in [1.82, 2.24) is 0 Å². The summed E-state index contributed by atoms with van der Waals surface area (Å²) in [7, 11) is 0. The van der Waals surface area contributed by atoms with Gasteiger partial charge in [0.1, 0.15) is 5.54 Å². The van der Waals surface area contributed by atoms with E-state index in [9.17, 15) is 4.79 Å². The molecule has 0 aromatic heterocycles. The van der Waals surface area contributed by atoms with Crippen molar-refractivity contribution in [2.75, 3.05) is 5.32 Å². The summed E-state index contributed by atoms with van der Waals surface area (Å²) in [6.45, 7) is 4.26. The Hall–Kier alpha value is -1.22. The van der Waals surface area contributed by atoms with Crippen LogP contribution in [0.3, 0.4) is 0 Å². The Morgan fingerprint density at radius 1 is 1.42 bits per heavy atom. The number of carbonyl (C=O) groups excluding carboxylic acids is 1. The van der Waals surface area contributed by atoms with Gasteiger partial charge in [0.25, 0.3) is 0 Å². The van der Waals surface area contributed by atoms with Gasteiger partial charge in [-0.15, -0.1) is 0 Å². The van der Waals surface area contributed by atoms with Crippen molar-refractivity contribution in [3.63, 3.8) is 0 Å². The molecule has 2 rings (SSSR count). The van der Waals surface area contributed by atoms with Gasteiger partial charge in [-0.2, -0.15) is 0 Å². The van der Waals surface area contributed by atoms with E-state index in [2.05, 4.69) is 19.2 Å². The lowest BCUT2D eigenvalue weighted by molar-refractivity contribution is -0.125. The normalized spacial score (nSPS) is 30.9. The number of benzene rings is 1. The van der Waals surface area contributed by atoms with Crippen LogP contribution in [0.1, 0.15) is 33.1 Å². The number of hydrogen-bond donors (Lipinski definition) is 2. The lowest BCUT2D eigenvalue weighted by Crippen LogP contribution is -2.57. The maximum absolute atomic E-state index is 12.0. The number of rotatable bonds is 3. The summed E-state index contributed by atoms with van der Waals surface area (Å²) < 4.78 is 0. The van der Waals surface area contributed by atoms with Crippen LogP contribution in [0, 0.1) is 11.8 Å². The van der Waals surface area contributed by atoms with E-state index in [4.69, 9.17) is 17.3 Å². The molecule has 3 nitrogen and oxygen atoms in total. The van der Waals surface area contributed by atoms with E-state index in [1.54, 1.807) is 0 Å². The Morgan fingerprint density at radius 3 is 2.79 bits per heavy atom. The first-order valence-corrected chi connectivity index (χ1v) is 7.15. The summed E-state index contributed by atoms with van der Waals surface area (Å²) in [5.41, 5.74) is 5.90. The molecule has 1 aliphatic carbocycles. The third-order valence-corrected chi connectivity index (χ3v) is 4.47. The molecule has 19 heavy (non-hydrogen) atoms. The smallest absolute Gasteiger partial charge is 0.243 e. The standard InChI is InChI=1S/C15H21ClN2O/c1-10-6-7-11(2)15(9-10,14(17)19)18-13-5-3-4-12(16)8-13/h3-5,8,10-11,18H,6-7,9H2,1-2H3,(H2,17,19). The summed E-state index contributed by atoms with van der Waals surface area (Å²) in [6.07, 6.45) is 2.93. The van der Waals surface area contributed by atoms with Gasteiger partial charge in [-0.25, -0.2) is 0 Å². The second kappa shape index (κ2) is 5.41. The van der Waals surface area contributed by atoms with Crippen LogP contribution in [-0.4, -0.2) is 11.4 Å². The molecular weight excluding hydrogens is 260 g/mol. The van der Waals surface area contributed by atoms with Crippen LogP contribution in [0.2, 0.25) is 5.02 Å². The highest BCUT2D eigenvalue weighted by Crippen LogP contribution is 2.39. The summed E-state index contributed by atoms with van der Waals surface area (Å²) in [5.74, 6) is 0.446. The minimum atomic E-state index is -0.664. The van der Waals surface area contributed by atoms with Crippen molar-refractivity contribution in [3.8, 4) is 0 Å². The van der Waals surface area contributed by atoms with E-state index in [0.717, 1.165) is 24.9 Å². The van der Waals surface area contributed by atoms with Gasteiger partial charge in [0.2, 0.25) is 5.91 Å². The topological polar surface area (TPSA) is 55.1 Å². The first kappa shape index (κ1) is 14.2. The highest BCUT2D eigenvalue weighted by Gasteiger charge is 2.45. The lowest BCUT2D eigenvalue weighted by Gasteiger charge is -2.43. The Bertz CT molecular complexity index is 477. The summed E-state index contributed by atoms with van der Waals surface area (Å²) in [4.78, 5) is 12.0. The van der Waals surface area contributed by atoms with Gasteiger partial charge in [-0.3, -0.25) is 4.79 Å². The van der Waals surface area contributed by atoms with Crippen molar-refractivity contribution in [1.29, 1.82) is 0 Å². The van der Waals surface area contributed by atoms with Crippen LogP contribution in [0.15, 0.2) is 24.3 Å². The number of halogens is 1. The SMILES string of the molecule is CC1CCC(C)C(Nc2cccc(Cl)c2)(C(N)=O)C1. The number of carbonyl (C=O) groups is 1. The second-order valence-corrected chi connectivity index (χ2v) is 6.20. The average Bonchev–Trinajstić information content (AvgIpc) is 2.33. The highest BCUT2D eigenvalue weighted by atomic mass is 35.5. The molecule has 4 heteroatoms. The Morgan fingerprint density at radius 2 is 2.16 bits per heavy atom. The fraction of sp³-hybridized carbons (Fsp3) is 0.533. The molecule has 1 aromatic carbocycles. The molecule has 0 radical (unpaired) electrons. The molecule has 0 spiro atoms. The van der Waals surface area contributed by atoms with Gasteiger partial charge in [-0.05, 0) is 42.9 Å². The zero-order valence-corrected chi connectivity index (χ0v) is 12.2. The van der Waals surface area contributed by atoms with E-state index in [-0.39, 0.29) is 11.8 Å². The quantitative estimate of drug-likeness (QED) is 0.891. The van der Waals surface area contributed by atoms with Crippen LogP contribution in [0.25, 0.3) is 0 Å². The van der Waals surface area contributed by atoms with Crippen LogP contribution < -0.4 is 11.1 Å². The van der Waals surface area contributed by atoms with Crippen LogP contribution in [0.4, 0.5) is 5.69 Å². The van der Waals surface area contributed by atoms with Crippen LogP contribution in [0.5, 0.6) is 0 Å². The van der Waals surface area contributed by atoms with Crippen molar-refractivity contribution in [3.05, 3.63) is 29.3 Å². The number of amides is 1. The summed E-state index contributed by atoms with van der Waals surface area (Å²) >= 11 is 6.00. The van der Waals surface area contributed by atoms with Crippen molar-refractivity contribution < 1.29 is 4.79 Å². The van der Waals surface area contributed by atoms with Gasteiger partial charge in [-0.1, -0.05) is 37.9 Å². The molecule has 1 aliphatic rings. The first-order chi connectivity index (χ1) is 8.94. The maximum Gasteiger partial charge on any atom is 0.243 e. The number of hydrogen-bond acceptors (Lipinski definition) is 2. The maximum atomic E-state index is 12.0. The first-order valence-electron chi connectivity index (χ1n) is 6.77. The van der Waals surface area contributed by atoms with Gasteiger partial charge in [0, 0.05) is 10.7 Å². The molecular formula is C15H21ClN2O. The highest BCUT2D eigenvalue weighted by molar-refractivity contribution is 6.30. The molecule has 0 saturated heterocycles. The van der Waals surface area contributed by atoms with Gasteiger partial charge < -0.3 is 11.1 Å². The van der Waals surface area contributed by atoms with Crippen LogP contribution in [-0.2, 0) is 4.79 Å². The number of nitrogens with one attached hydrogen (secondary N) is 1. The summed E-state index contributed by atoms with van der Waals surface area (Å²) in [5, 5.41) is 4.01. The molecule has 1 aromatic rings. The number of nitrogens with two attached hydrogens (primary N) is 1. The molecule has 1 fully saturated rings. The third-order valence-electron chi connectivity index (χ3n) is 4.24. The zero-order valence-electron chi connectivity index (χ0n) is 11.4. The molecule has 3 unspecified atom stereocenters. The zero-order chi connectivity index (χ0) is 14.0. The second-order valence-electron chi connectivity index (χ2n) is 5.76. The Balaban J connectivity index is 2.31. The Labute approximate surface area is 119 Å². The minimum absolute atomic E-state index is 0.222. The largest absolute Gasteiger partial charge is 0.371 e. The summed E-state index contributed by atoms with van der Waals surface area (Å²) in [6, 6.07) is 7.44. The molecule has 1 amide bonds. The average molecular weight is 281 g/mol. The van der Waals surface area contributed by atoms with Gasteiger partial charge in [0.05, 0.1) is 0 Å². The molecule has 3 atom stereocenters. The third kappa shape index (κ3) is 2.86. The van der Waals surface area contributed by atoms with Crippen molar-refractivity contribution >= 4 is 23.2 Å². The molecule has 3 N–H and O–H groups in total. The monoisotopic (exact) mass is 280 g/mol. The van der Waals surface area contributed by atoms with E-state index < -0.39 is 5.54 Å². The number of anilines is 1. The van der Waals surface area contributed by atoms with Crippen molar-refractivity contribution in [2.24, 2.45) is 17.6 Å². The van der Waals surface area contributed by atoms with Crippen molar-refractivity contribution in [2.45, 2.75) is 38.6 Å². The molecule has 104 valence electrons. The molecule has 0 aliphatic heterocycles. The Kier molecular flexibility index (Phi) is 4.04. The van der Waals surface area contributed by atoms with E-state index in [0.29, 0.717) is 10.9 Å². The van der Waals surface area contributed by atoms with Gasteiger partial charge in [0.15, 0.2) is 0 Å². The molecule has 1 saturated carbocycles. The predicted molar refractivity (Wildman–Crippen MR) is 79.2 cm³/mol. The van der Waals surface area contributed by atoms with E-state index in [1.165, 1.54) is 0 Å². The number of primary amides is 1. The predicted octanol–water partition coefficient (Wildman–Crippen LogP) is 3.43. The van der Waals surface area contributed by atoms with Crippen LogP contribution >= 0.6 is 11.6 Å². The van der Waals surface area contributed by atoms with E-state index in [1.807, 2.05) is 24.3 Å². The fourth-order valence-electron chi connectivity index (χ4n) is 3.04. The molecule has 0 heterocycles. The lowest BCUT2D eigenvalue weighted by atomic mass is 9.69. The fourth-order valence-corrected chi connectivity index (χ4v) is 3.23. The molecule has 0 bridgehead atoms. The minimum Gasteiger partial charge on any atom is -0.371 e. The van der Waals surface area contributed by atoms with Gasteiger partial charge >= 0.3 is 0 Å². The van der Waals surface area contributed by atoms with E-state index >= 15 is 0 Å².